The predicted molar refractivity (Wildman–Crippen MR) is 81.6 cm³/mol. The molecule has 6 heteroatoms. The lowest BCUT2D eigenvalue weighted by Crippen LogP contribution is -2.26. The molecule has 1 aliphatic heterocycles. The van der Waals surface area contributed by atoms with Gasteiger partial charge in [0.15, 0.2) is 5.78 Å². The van der Waals surface area contributed by atoms with Gasteiger partial charge in [0.1, 0.15) is 6.10 Å². The number of Topliss-reactive ketones (excluding diaryl/α,β-unsaturated/α-hetero) is 1. The van der Waals surface area contributed by atoms with Crippen LogP contribution in [0, 0.1) is 11.8 Å². The third-order valence-corrected chi connectivity index (χ3v) is 4.54. The Bertz CT molecular complexity index is 446. The molecule has 0 aromatic rings. The summed E-state index contributed by atoms with van der Waals surface area (Å²) in [5.74, 6) is -0.339. The Morgan fingerprint density at radius 3 is 2.57 bits per heavy atom. The maximum atomic E-state index is 12.2. The van der Waals surface area contributed by atoms with Crippen LogP contribution in [0.4, 0.5) is 0 Å². The van der Waals surface area contributed by atoms with Gasteiger partial charge in [0.2, 0.25) is 0 Å². The first-order chi connectivity index (χ1) is 11.0. The molecule has 0 aromatic carbocycles. The minimum Gasteiger partial charge on any atom is -0.466 e. The van der Waals surface area contributed by atoms with Crippen molar-refractivity contribution in [2.45, 2.75) is 64.6 Å². The van der Waals surface area contributed by atoms with Gasteiger partial charge in [0.05, 0.1) is 19.3 Å². The van der Waals surface area contributed by atoms with Crippen LogP contribution in [0.2, 0.25) is 0 Å². The molecule has 1 aliphatic carbocycles. The number of esters is 2. The highest BCUT2D eigenvalue weighted by Crippen LogP contribution is 2.46. The van der Waals surface area contributed by atoms with Crippen LogP contribution in [0.25, 0.3) is 0 Å². The van der Waals surface area contributed by atoms with Crippen LogP contribution in [0.15, 0.2) is 0 Å². The van der Waals surface area contributed by atoms with Crippen molar-refractivity contribution in [2.24, 2.45) is 11.8 Å². The van der Waals surface area contributed by atoms with Gasteiger partial charge >= 0.3 is 11.9 Å². The van der Waals surface area contributed by atoms with E-state index in [1.807, 2.05) is 0 Å². The number of epoxide rings is 1. The van der Waals surface area contributed by atoms with Crippen molar-refractivity contribution in [2.75, 3.05) is 13.2 Å². The first kappa shape index (κ1) is 17.9. The fourth-order valence-corrected chi connectivity index (χ4v) is 3.33. The summed E-state index contributed by atoms with van der Waals surface area (Å²) >= 11 is 0. The highest BCUT2D eigenvalue weighted by atomic mass is 16.6. The van der Waals surface area contributed by atoms with Gasteiger partial charge in [-0.15, -0.1) is 0 Å². The summed E-state index contributed by atoms with van der Waals surface area (Å²) in [5, 5.41) is 0. The number of fused-ring (bicyclic) bond motifs is 1. The molecule has 0 unspecified atom stereocenters. The topological polar surface area (TPSA) is 82.2 Å². The van der Waals surface area contributed by atoms with Crippen LogP contribution in [-0.2, 0) is 28.6 Å². The van der Waals surface area contributed by atoms with E-state index in [0.29, 0.717) is 13.0 Å². The van der Waals surface area contributed by atoms with Crippen molar-refractivity contribution in [3.63, 3.8) is 0 Å². The molecule has 0 bridgehead atoms. The predicted octanol–water partition coefficient (Wildman–Crippen LogP) is 2.04. The van der Waals surface area contributed by atoms with E-state index in [9.17, 15) is 14.4 Å². The number of carbonyl (C=O) groups is 3. The molecule has 1 heterocycles. The number of rotatable bonds is 10. The van der Waals surface area contributed by atoms with Crippen molar-refractivity contribution >= 4 is 17.7 Å². The summed E-state index contributed by atoms with van der Waals surface area (Å²) in [4.78, 5) is 34.3. The van der Waals surface area contributed by atoms with Gasteiger partial charge < -0.3 is 14.2 Å². The number of hydrogen-bond donors (Lipinski definition) is 0. The first-order valence-electron chi connectivity index (χ1n) is 8.52. The number of hydrogen-bond acceptors (Lipinski definition) is 6. The Morgan fingerprint density at radius 2 is 1.87 bits per heavy atom. The number of ketones is 1. The lowest BCUT2D eigenvalue weighted by atomic mass is 9.89. The van der Waals surface area contributed by atoms with Gasteiger partial charge in [-0.2, -0.15) is 0 Å². The van der Waals surface area contributed by atoms with E-state index in [1.165, 1.54) is 6.92 Å². The quantitative estimate of drug-likeness (QED) is 0.347. The Balaban J connectivity index is 1.63. The lowest BCUT2D eigenvalue weighted by molar-refractivity contribution is -0.144. The summed E-state index contributed by atoms with van der Waals surface area (Å²) in [7, 11) is 0. The van der Waals surface area contributed by atoms with Gasteiger partial charge in [0, 0.05) is 25.2 Å². The molecular formula is C17H26O6. The molecule has 2 aliphatic rings. The third-order valence-electron chi connectivity index (χ3n) is 4.54. The zero-order valence-electron chi connectivity index (χ0n) is 13.9. The van der Waals surface area contributed by atoms with Gasteiger partial charge in [-0.1, -0.05) is 19.3 Å². The van der Waals surface area contributed by atoms with Crippen molar-refractivity contribution in [1.82, 2.24) is 0 Å². The highest BCUT2D eigenvalue weighted by Gasteiger charge is 2.61. The maximum absolute atomic E-state index is 12.2. The summed E-state index contributed by atoms with van der Waals surface area (Å²) < 4.78 is 15.3. The van der Waals surface area contributed by atoms with Crippen molar-refractivity contribution in [3.8, 4) is 0 Å². The standard InChI is InChI=1S/C17H26O6/c1-3-21-14(19)9-7-5-4-6-8-12-13(10-22-11(2)18)16-17(23-16)15(12)20/h12-13,16-17H,3-10H2,1-2H3/t12-,13-,16+,17-/m1/s1. The molecule has 1 saturated heterocycles. The number of unbranched alkanes of at least 4 members (excludes halogenated alkanes) is 3. The zero-order valence-corrected chi connectivity index (χ0v) is 13.9. The average Bonchev–Trinajstić information content (AvgIpc) is 3.23. The zero-order chi connectivity index (χ0) is 16.8. The van der Waals surface area contributed by atoms with E-state index < -0.39 is 0 Å². The number of ether oxygens (including phenoxy) is 3. The fourth-order valence-electron chi connectivity index (χ4n) is 3.33. The molecule has 6 nitrogen and oxygen atoms in total. The van der Waals surface area contributed by atoms with Crippen LogP contribution in [0.5, 0.6) is 0 Å². The Hall–Kier alpha value is -1.43. The van der Waals surface area contributed by atoms with E-state index in [1.54, 1.807) is 6.92 Å². The molecule has 0 N–H and O–H groups in total. The van der Waals surface area contributed by atoms with Gasteiger partial charge in [0.25, 0.3) is 0 Å². The van der Waals surface area contributed by atoms with Gasteiger partial charge in [-0.05, 0) is 19.8 Å². The summed E-state index contributed by atoms with van der Waals surface area (Å²) in [6.45, 7) is 3.88. The third kappa shape index (κ3) is 5.03. The van der Waals surface area contributed by atoms with E-state index in [-0.39, 0.29) is 48.4 Å². The second-order valence-electron chi connectivity index (χ2n) is 6.25. The molecule has 4 atom stereocenters. The highest BCUT2D eigenvalue weighted by molar-refractivity contribution is 5.91. The molecule has 0 amide bonds. The summed E-state index contributed by atoms with van der Waals surface area (Å²) in [5.41, 5.74) is 0. The second kappa shape index (κ2) is 8.43. The van der Waals surface area contributed by atoms with Gasteiger partial charge in [-0.3, -0.25) is 14.4 Å². The molecule has 0 spiro atoms. The Morgan fingerprint density at radius 1 is 1.13 bits per heavy atom. The SMILES string of the molecule is CCOC(=O)CCCCCC[C@H]1C(=O)[C@H]2O[C@H]2[C@@H]1COC(C)=O. The van der Waals surface area contributed by atoms with Crippen molar-refractivity contribution in [1.29, 1.82) is 0 Å². The molecule has 2 fully saturated rings. The smallest absolute Gasteiger partial charge is 0.305 e. The second-order valence-corrected chi connectivity index (χ2v) is 6.25. The van der Waals surface area contributed by atoms with Crippen LogP contribution >= 0.6 is 0 Å². The van der Waals surface area contributed by atoms with Crippen LogP contribution in [0.3, 0.4) is 0 Å². The molecule has 2 rings (SSSR count). The Kier molecular flexibility index (Phi) is 6.57. The molecule has 0 radical (unpaired) electrons. The fraction of sp³-hybridized carbons (Fsp3) is 0.824. The van der Waals surface area contributed by atoms with E-state index in [4.69, 9.17) is 14.2 Å². The van der Waals surface area contributed by atoms with Crippen LogP contribution < -0.4 is 0 Å². The van der Waals surface area contributed by atoms with E-state index >= 15 is 0 Å². The monoisotopic (exact) mass is 326 g/mol. The largest absolute Gasteiger partial charge is 0.466 e. The van der Waals surface area contributed by atoms with Crippen molar-refractivity contribution < 1.29 is 28.6 Å². The first-order valence-corrected chi connectivity index (χ1v) is 8.52. The summed E-state index contributed by atoms with van der Waals surface area (Å²) in [6, 6.07) is 0. The minimum atomic E-state index is -0.320. The molecule has 0 aromatic heterocycles. The van der Waals surface area contributed by atoms with E-state index in [2.05, 4.69) is 0 Å². The summed E-state index contributed by atoms with van der Waals surface area (Å²) in [6.07, 6.45) is 4.67. The van der Waals surface area contributed by atoms with Crippen LogP contribution in [-0.4, -0.2) is 43.1 Å². The lowest BCUT2D eigenvalue weighted by Gasteiger charge is -2.20. The van der Waals surface area contributed by atoms with Gasteiger partial charge in [-0.25, -0.2) is 0 Å². The van der Waals surface area contributed by atoms with Crippen LogP contribution in [0.1, 0.15) is 52.4 Å². The Labute approximate surface area is 136 Å². The molecule has 1 saturated carbocycles. The maximum Gasteiger partial charge on any atom is 0.305 e. The average molecular weight is 326 g/mol. The molecular weight excluding hydrogens is 300 g/mol. The number of carbonyl (C=O) groups excluding carboxylic acids is 3. The van der Waals surface area contributed by atoms with E-state index in [0.717, 1.165) is 32.1 Å². The normalized spacial score (nSPS) is 28.3. The van der Waals surface area contributed by atoms with Crippen molar-refractivity contribution in [3.05, 3.63) is 0 Å². The molecule has 130 valence electrons. The minimum absolute atomic E-state index is 0.0101. The molecule has 23 heavy (non-hydrogen) atoms.